The Bertz CT molecular complexity index is 647. The van der Waals surface area contributed by atoms with E-state index in [4.69, 9.17) is 4.74 Å². The van der Waals surface area contributed by atoms with Gasteiger partial charge in [-0.1, -0.05) is 15.9 Å². The van der Waals surface area contributed by atoms with Crippen LogP contribution in [0.1, 0.15) is 31.4 Å². The Morgan fingerprint density at radius 2 is 2.19 bits per heavy atom. The molecule has 0 aliphatic carbocycles. The van der Waals surface area contributed by atoms with Crippen molar-refractivity contribution in [1.82, 2.24) is 4.72 Å². The van der Waals surface area contributed by atoms with E-state index in [0.717, 1.165) is 0 Å². The number of sulfonamides is 1. The van der Waals surface area contributed by atoms with Crippen LogP contribution in [0.15, 0.2) is 21.5 Å². The summed E-state index contributed by atoms with van der Waals surface area (Å²) in [5, 5.41) is 9.26. The van der Waals surface area contributed by atoms with E-state index in [1.165, 1.54) is 6.07 Å². The van der Waals surface area contributed by atoms with E-state index >= 15 is 0 Å². The van der Waals surface area contributed by atoms with Crippen molar-refractivity contribution in [2.24, 2.45) is 0 Å². The lowest BCUT2D eigenvalue weighted by Crippen LogP contribution is -2.50. The fourth-order valence-corrected chi connectivity index (χ4v) is 4.86. The Morgan fingerprint density at radius 3 is 2.71 bits per heavy atom. The van der Waals surface area contributed by atoms with Crippen molar-refractivity contribution >= 4 is 26.0 Å². The molecule has 2 N–H and O–H groups in total. The molecule has 118 valence electrons. The van der Waals surface area contributed by atoms with Gasteiger partial charge in [-0.15, -0.1) is 0 Å². The van der Waals surface area contributed by atoms with E-state index < -0.39 is 15.6 Å². The summed E-state index contributed by atoms with van der Waals surface area (Å²) >= 11 is 3.34. The predicted molar refractivity (Wildman–Crippen MR) is 83.6 cm³/mol. The van der Waals surface area contributed by atoms with Crippen LogP contribution in [0.5, 0.6) is 0 Å². The molecule has 2 rings (SSSR count). The van der Waals surface area contributed by atoms with Crippen molar-refractivity contribution in [2.75, 3.05) is 6.61 Å². The second-order valence-corrected chi connectivity index (χ2v) is 8.15. The topological polar surface area (TPSA) is 75.6 Å². The van der Waals surface area contributed by atoms with Crippen molar-refractivity contribution in [3.8, 4) is 0 Å². The second kappa shape index (κ2) is 5.96. The summed E-state index contributed by atoms with van der Waals surface area (Å²) in [6.45, 7) is 5.78. The van der Waals surface area contributed by atoms with Gasteiger partial charge in [0.15, 0.2) is 0 Å². The fraction of sp³-hybridized carbons (Fsp3) is 0.571. The van der Waals surface area contributed by atoms with Crippen LogP contribution in [-0.2, 0) is 21.4 Å². The predicted octanol–water partition coefficient (Wildman–Crippen LogP) is 2.10. The minimum absolute atomic E-state index is 0.182. The number of benzene rings is 1. The lowest BCUT2D eigenvalue weighted by atomic mass is 9.97. The van der Waals surface area contributed by atoms with Crippen LogP contribution in [0.25, 0.3) is 0 Å². The number of aliphatic hydroxyl groups excluding tert-OH is 1. The first-order valence-corrected chi connectivity index (χ1v) is 9.03. The summed E-state index contributed by atoms with van der Waals surface area (Å²) < 4.78 is 34.3. The lowest BCUT2D eigenvalue weighted by Gasteiger charge is -2.29. The van der Waals surface area contributed by atoms with Gasteiger partial charge < -0.3 is 9.84 Å². The molecule has 1 aliphatic heterocycles. The average molecular weight is 378 g/mol. The third-order valence-corrected chi connectivity index (χ3v) is 6.64. The van der Waals surface area contributed by atoms with Crippen molar-refractivity contribution in [2.45, 2.75) is 50.3 Å². The summed E-state index contributed by atoms with van der Waals surface area (Å²) in [6, 6.07) is 3.23. The van der Waals surface area contributed by atoms with Gasteiger partial charge in [-0.25, -0.2) is 13.1 Å². The van der Waals surface area contributed by atoms with Gasteiger partial charge in [0.25, 0.3) is 0 Å². The van der Waals surface area contributed by atoms with E-state index in [1.54, 1.807) is 13.0 Å². The molecule has 1 aromatic rings. The van der Waals surface area contributed by atoms with Crippen LogP contribution < -0.4 is 4.72 Å². The molecule has 21 heavy (non-hydrogen) atoms. The van der Waals surface area contributed by atoms with E-state index in [9.17, 15) is 13.5 Å². The fourth-order valence-electron chi connectivity index (χ4n) is 2.41. The Balaban J connectivity index is 2.43. The first kappa shape index (κ1) is 16.9. The number of halogens is 1. The van der Waals surface area contributed by atoms with Gasteiger partial charge in [0.1, 0.15) is 0 Å². The number of rotatable bonds is 4. The highest BCUT2D eigenvalue weighted by atomic mass is 79.9. The van der Waals surface area contributed by atoms with Crippen molar-refractivity contribution < 1.29 is 18.3 Å². The third-order valence-electron chi connectivity index (χ3n) is 4.08. The first-order chi connectivity index (χ1) is 9.69. The molecule has 2 unspecified atom stereocenters. The summed E-state index contributed by atoms with van der Waals surface area (Å²) in [5.74, 6) is 0. The number of aliphatic hydroxyl groups is 1. The van der Waals surface area contributed by atoms with Crippen molar-refractivity contribution in [1.29, 1.82) is 0 Å². The van der Waals surface area contributed by atoms with E-state index in [0.29, 0.717) is 28.6 Å². The first-order valence-electron chi connectivity index (χ1n) is 6.75. The molecule has 1 heterocycles. The number of nitrogens with one attached hydrogen (secondary N) is 1. The van der Waals surface area contributed by atoms with Gasteiger partial charge in [-0.05, 0) is 50.5 Å². The Morgan fingerprint density at radius 1 is 1.52 bits per heavy atom. The summed E-state index contributed by atoms with van der Waals surface area (Å²) in [5.41, 5.74) is 0.552. The molecule has 0 amide bonds. The minimum atomic E-state index is -3.69. The van der Waals surface area contributed by atoms with Gasteiger partial charge in [0.05, 0.1) is 23.1 Å². The molecule has 0 aromatic heterocycles. The third kappa shape index (κ3) is 3.32. The van der Waals surface area contributed by atoms with Crippen molar-refractivity contribution in [3.63, 3.8) is 0 Å². The van der Waals surface area contributed by atoms with Crippen LogP contribution in [0.4, 0.5) is 0 Å². The van der Waals surface area contributed by atoms with Gasteiger partial charge in [0.2, 0.25) is 10.0 Å². The molecule has 1 aliphatic rings. The zero-order valence-corrected chi connectivity index (χ0v) is 14.7. The summed E-state index contributed by atoms with van der Waals surface area (Å²) in [7, 11) is -3.69. The minimum Gasteiger partial charge on any atom is -0.392 e. The van der Waals surface area contributed by atoms with Crippen molar-refractivity contribution in [3.05, 3.63) is 27.7 Å². The molecule has 7 heteroatoms. The summed E-state index contributed by atoms with van der Waals surface area (Å²) in [4.78, 5) is 0.182. The second-order valence-electron chi connectivity index (χ2n) is 5.64. The molecule has 0 saturated carbocycles. The normalized spacial score (nSPS) is 26.2. The molecule has 0 bridgehead atoms. The molecular weight excluding hydrogens is 358 g/mol. The molecular formula is C14H20BrNO4S. The van der Waals surface area contributed by atoms with E-state index in [1.807, 2.05) is 13.8 Å². The SMILES string of the molecule is Cc1c(Br)cc(CO)cc1S(=O)(=O)NC1(C)CCOC1C. The van der Waals surface area contributed by atoms with Crippen LogP contribution in [0, 0.1) is 6.92 Å². The highest BCUT2D eigenvalue weighted by Crippen LogP contribution is 2.30. The highest BCUT2D eigenvalue weighted by molar-refractivity contribution is 9.10. The summed E-state index contributed by atoms with van der Waals surface area (Å²) in [6.07, 6.45) is 0.449. The molecule has 2 atom stereocenters. The van der Waals surface area contributed by atoms with Crippen LogP contribution in [0.2, 0.25) is 0 Å². The smallest absolute Gasteiger partial charge is 0.241 e. The number of ether oxygens (including phenoxy) is 1. The maximum absolute atomic E-state index is 12.7. The molecule has 5 nitrogen and oxygen atoms in total. The zero-order chi connectivity index (χ0) is 15.8. The number of hydrogen-bond acceptors (Lipinski definition) is 4. The van der Waals surface area contributed by atoms with E-state index in [-0.39, 0.29) is 17.6 Å². The standard InChI is InChI=1S/C14H20BrNO4S/c1-9-12(15)6-11(8-17)7-13(9)21(18,19)16-14(3)4-5-20-10(14)2/h6-7,10,16-17H,4-5,8H2,1-3H3. The Kier molecular flexibility index (Phi) is 4.80. The van der Waals surface area contributed by atoms with Gasteiger partial charge in [0, 0.05) is 11.1 Å². The maximum atomic E-state index is 12.7. The molecule has 0 radical (unpaired) electrons. The average Bonchev–Trinajstić information content (AvgIpc) is 2.71. The largest absolute Gasteiger partial charge is 0.392 e. The molecule has 0 spiro atoms. The molecule has 1 saturated heterocycles. The maximum Gasteiger partial charge on any atom is 0.241 e. The Hall–Kier alpha value is -0.470. The molecule has 1 fully saturated rings. The van der Waals surface area contributed by atoms with E-state index in [2.05, 4.69) is 20.7 Å². The van der Waals surface area contributed by atoms with Crippen LogP contribution in [0.3, 0.4) is 0 Å². The van der Waals surface area contributed by atoms with Crippen LogP contribution in [-0.4, -0.2) is 31.8 Å². The van der Waals surface area contributed by atoms with Gasteiger partial charge in [-0.2, -0.15) is 0 Å². The number of hydrogen-bond donors (Lipinski definition) is 2. The Labute approximate surface area is 133 Å². The van der Waals surface area contributed by atoms with Crippen LogP contribution >= 0.6 is 15.9 Å². The van der Waals surface area contributed by atoms with Gasteiger partial charge in [-0.3, -0.25) is 0 Å². The molecule has 1 aromatic carbocycles. The quantitative estimate of drug-likeness (QED) is 0.842. The highest BCUT2D eigenvalue weighted by Gasteiger charge is 2.41. The lowest BCUT2D eigenvalue weighted by molar-refractivity contribution is 0.0957. The monoisotopic (exact) mass is 377 g/mol. The zero-order valence-electron chi connectivity index (χ0n) is 12.3. The van der Waals surface area contributed by atoms with Gasteiger partial charge >= 0.3 is 0 Å².